The van der Waals surface area contributed by atoms with Gasteiger partial charge in [-0.2, -0.15) is 0 Å². The number of aromatic nitrogens is 1. The van der Waals surface area contributed by atoms with Crippen molar-refractivity contribution in [1.29, 1.82) is 0 Å². The summed E-state index contributed by atoms with van der Waals surface area (Å²) in [5, 5.41) is 8.94. The van der Waals surface area contributed by atoms with Crippen LogP contribution in [0.5, 0.6) is 0 Å². The Hall–Kier alpha value is -2.23. The number of anilines is 1. The third-order valence-electron chi connectivity index (χ3n) is 4.22. The van der Waals surface area contributed by atoms with Crippen molar-refractivity contribution in [3.8, 4) is 0 Å². The van der Waals surface area contributed by atoms with Crippen LogP contribution >= 0.6 is 11.8 Å². The van der Waals surface area contributed by atoms with Crippen LogP contribution in [0.15, 0.2) is 10.6 Å². The van der Waals surface area contributed by atoms with E-state index in [4.69, 9.17) is 9.26 Å². The molecule has 1 fully saturated rings. The second-order valence-electron chi connectivity index (χ2n) is 8.07. The van der Waals surface area contributed by atoms with E-state index in [1.165, 1.54) is 11.8 Å². The van der Waals surface area contributed by atoms with Crippen molar-refractivity contribution < 1.29 is 23.6 Å². The number of hydrogen-bond acceptors (Lipinski definition) is 7. The summed E-state index contributed by atoms with van der Waals surface area (Å²) in [5.41, 5.74) is -0.519. The Kier molecular flexibility index (Phi) is 7.95. The van der Waals surface area contributed by atoms with E-state index in [1.54, 1.807) is 24.8 Å². The van der Waals surface area contributed by atoms with E-state index < -0.39 is 10.9 Å². The number of aryl methyl sites for hydroxylation is 1. The summed E-state index contributed by atoms with van der Waals surface area (Å²) in [4.78, 5) is 38.1. The van der Waals surface area contributed by atoms with Gasteiger partial charge in [0, 0.05) is 25.2 Å². The zero-order valence-corrected chi connectivity index (χ0v) is 18.4. The average molecular weight is 427 g/mol. The van der Waals surface area contributed by atoms with Gasteiger partial charge < -0.3 is 24.8 Å². The molecule has 2 heterocycles. The SMILES string of the molecule is Cc1cc(NC(=O)C(C)SCC(=O)NC2CCN(C(=O)OC(C)(C)C)CC2)no1. The second-order valence-corrected chi connectivity index (χ2v) is 9.40. The number of nitrogens with one attached hydrogen (secondary N) is 2. The lowest BCUT2D eigenvalue weighted by molar-refractivity contribution is -0.119. The quantitative estimate of drug-likeness (QED) is 0.718. The summed E-state index contributed by atoms with van der Waals surface area (Å²) in [6.45, 7) is 10.1. The van der Waals surface area contributed by atoms with Crippen LogP contribution in [0.4, 0.5) is 10.6 Å². The van der Waals surface area contributed by atoms with Gasteiger partial charge in [-0.05, 0) is 47.5 Å². The van der Waals surface area contributed by atoms with Gasteiger partial charge in [0.05, 0.1) is 11.0 Å². The third kappa shape index (κ3) is 7.96. The van der Waals surface area contributed by atoms with Crippen molar-refractivity contribution in [2.45, 2.75) is 64.4 Å². The molecule has 1 aliphatic rings. The summed E-state index contributed by atoms with van der Waals surface area (Å²) >= 11 is 1.25. The standard InChI is InChI=1S/C19H30N4O5S/c1-12-10-15(22-28-12)21-17(25)13(2)29-11-16(24)20-14-6-8-23(9-7-14)18(26)27-19(3,4)5/h10,13-14H,6-9,11H2,1-5H3,(H,20,24)(H,21,22,25). The molecule has 162 valence electrons. The van der Waals surface area contributed by atoms with Gasteiger partial charge in [-0.3, -0.25) is 9.59 Å². The minimum absolute atomic E-state index is 0.0176. The molecule has 10 heteroatoms. The van der Waals surface area contributed by atoms with Gasteiger partial charge in [0.1, 0.15) is 11.4 Å². The molecule has 1 aromatic rings. The third-order valence-corrected chi connectivity index (χ3v) is 5.37. The van der Waals surface area contributed by atoms with E-state index in [0.717, 1.165) is 0 Å². The predicted octanol–water partition coefficient (Wildman–Crippen LogP) is 2.56. The first kappa shape index (κ1) is 23.1. The van der Waals surface area contributed by atoms with Crippen LogP contribution in [0.25, 0.3) is 0 Å². The van der Waals surface area contributed by atoms with Gasteiger partial charge in [-0.1, -0.05) is 5.16 Å². The number of carbonyl (C=O) groups is 3. The van der Waals surface area contributed by atoms with E-state index in [2.05, 4.69) is 15.8 Å². The summed E-state index contributed by atoms with van der Waals surface area (Å²) < 4.78 is 10.3. The number of nitrogens with zero attached hydrogens (tertiary/aromatic N) is 2. The van der Waals surface area contributed by atoms with E-state index >= 15 is 0 Å². The molecule has 1 saturated heterocycles. The van der Waals surface area contributed by atoms with E-state index in [1.807, 2.05) is 20.8 Å². The normalized spacial score (nSPS) is 16.2. The van der Waals surface area contributed by atoms with Gasteiger partial charge in [0.25, 0.3) is 0 Å². The number of likely N-dealkylation sites (tertiary alicyclic amines) is 1. The molecule has 2 rings (SSSR count). The lowest BCUT2D eigenvalue weighted by Gasteiger charge is -2.33. The minimum Gasteiger partial charge on any atom is -0.444 e. The summed E-state index contributed by atoms with van der Waals surface area (Å²) in [7, 11) is 0. The Morgan fingerprint density at radius 1 is 1.34 bits per heavy atom. The fraction of sp³-hybridized carbons (Fsp3) is 0.684. The second kappa shape index (κ2) is 10.00. The van der Waals surface area contributed by atoms with Gasteiger partial charge in [-0.15, -0.1) is 11.8 Å². The summed E-state index contributed by atoms with van der Waals surface area (Å²) in [6.07, 6.45) is 1.04. The Labute approximate surface area is 175 Å². The van der Waals surface area contributed by atoms with Crippen molar-refractivity contribution >= 4 is 35.5 Å². The predicted molar refractivity (Wildman–Crippen MR) is 111 cm³/mol. The van der Waals surface area contributed by atoms with Crippen LogP contribution < -0.4 is 10.6 Å². The van der Waals surface area contributed by atoms with Crippen LogP contribution in [-0.4, -0.2) is 63.7 Å². The Morgan fingerprint density at radius 3 is 2.55 bits per heavy atom. The number of rotatable bonds is 6. The van der Waals surface area contributed by atoms with Crippen molar-refractivity contribution in [2.75, 3.05) is 24.2 Å². The maximum absolute atomic E-state index is 12.2. The maximum atomic E-state index is 12.2. The molecule has 0 bridgehead atoms. The molecule has 1 aromatic heterocycles. The molecule has 1 atom stereocenters. The number of thioether (sulfide) groups is 1. The van der Waals surface area contributed by atoms with Crippen molar-refractivity contribution in [3.05, 3.63) is 11.8 Å². The first-order chi connectivity index (χ1) is 13.5. The van der Waals surface area contributed by atoms with Crippen molar-refractivity contribution in [1.82, 2.24) is 15.4 Å². The molecule has 0 aliphatic carbocycles. The number of piperidine rings is 1. The van der Waals surface area contributed by atoms with Crippen molar-refractivity contribution in [2.24, 2.45) is 0 Å². The molecule has 1 unspecified atom stereocenters. The number of amides is 3. The van der Waals surface area contributed by atoms with Crippen LogP contribution in [0.1, 0.15) is 46.3 Å². The number of ether oxygens (including phenoxy) is 1. The Morgan fingerprint density at radius 2 is 2.00 bits per heavy atom. The van der Waals surface area contributed by atoms with Gasteiger partial charge in [0.15, 0.2) is 5.82 Å². The molecule has 1 aliphatic heterocycles. The van der Waals surface area contributed by atoms with Crippen LogP contribution in [0.3, 0.4) is 0 Å². The number of carbonyl (C=O) groups excluding carboxylic acids is 3. The van der Waals surface area contributed by atoms with Crippen LogP contribution in [0.2, 0.25) is 0 Å². The number of hydrogen-bond donors (Lipinski definition) is 2. The molecule has 0 spiro atoms. The Balaban J connectivity index is 1.66. The van der Waals surface area contributed by atoms with Crippen LogP contribution in [0, 0.1) is 6.92 Å². The first-order valence-corrected chi connectivity index (χ1v) is 10.7. The smallest absolute Gasteiger partial charge is 0.410 e. The van der Waals surface area contributed by atoms with E-state index in [-0.39, 0.29) is 29.7 Å². The summed E-state index contributed by atoms with van der Waals surface area (Å²) in [6, 6.07) is 1.65. The highest BCUT2D eigenvalue weighted by Crippen LogP contribution is 2.17. The maximum Gasteiger partial charge on any atom is 0.410 e. The lowest BCUT2D eigenvalue weighted by Crippen LogP contribution is -2.48. The fourth-order valence-corrected chi connectivity index (χ4v) is 3.43. The fourth-order valence-electron chi connectivity index (χ4n) is 2.73. The van der Waals surface area contributed by atoms with Crippen molar-refractivity contribution in [3.63, 3.8) is 0 Å². The molecule has 0 saturated carbocycles. The largest absolute Gasteiger partial charge is 0.444 e. The van der Waals surface area contributed by atoms with Gasteiger partial charge in [-0.25, -0.2) is 4.79 Å². The zero-order valence-electron chi connectivity index (χ0n) is 17.6. The zero-order chi connectivity index (χ0) is 21.6. The Bertz CT molecular complexity index is 722. The molecule has 0 aromatic carbocycles. The van der Waals surface area contributed by atoms with Gasteiger partial charge in [0.2, 0.25) is 11.8 Å². The molecule has 9 nitrogen and oxygen atoms in total. The topological polar surface area (TPSA) is 114 Å². The highest BCUT2D eigenvalue weighted by Gasteiger charge is 2.27. The molecule has 2 N–H and O–H groups in total. The molecule has 29 heavy (non-hydrogen) atoms. The molecular weight excluding hydrogens is 396 g/mol. The highest BCUT2D eigenvalue weighted by atomic mass is 32.2. The minimum atomic E-state index is -0.519. The molecule has 3 amide bonds. The highest BCUT2D eigenvalue weighted by molar-refractivity contribution is 8.01. The van der Waals surface area contributed by atoms with Crippen LogP contribution in [-0.2, 0) is 14.3 Å². The average Bonchev–Trinajstić information content (AvgIpc) is 3.03. The van der Waals surface area contributed by atoms with E-state index in [0.29, 0.717) is 37.5 Å². The van der Waals surface area contributed by atoms with E-state index in [9.17, 15) is 14.4 Å². The lowest BCUT2D eigenvalue weighted by atomic mass is 10.1. The summed E-state index contributed by atoms with van der Waals surface area (Å²) in [5.74, 6) is 0.793. The van der Waals surface area contributed by atoms with Gasteiger partial charge >= 0.3 is 6.09 Å². The monoisotopic (exact) mass is 426 g/mol. The first-order valence-electron chi connectivity index (χ1n) is 9.66. The molecular formula is C19H30N4O5S. The molecule has 0 radical (unpaired) electrons.